The monoisotopic (exact) mass is 1180 g/mol. The second-order valence-corrected chi connectivity index (χ2v) is 24.9. The van der Waals surface area contributed by atoms with E-state index in [1.807, 2.05) is 27.2 Å². The average Bonchev–Trinajstić information content (AvgIpc) is 3.56. The van der Waals surface area contributed by atoms with Gasteiger partial charge >= 0.3 is 7.82 Å². The van der Waals surface area contributed by atoms with Crippen LogP contribution in [0, 0.1) is 0 Å². The van der Waals surface area contributed by atoms with Gasteiger partial charge in [0.05, 0.1) is 39.9 Å². The molecule has 0 saturated heterocycles. The lowest BCUT2D eigenvalue weighted by Gasteiger charge is -2.25. The predicted octanol–water partition coefficient (Wildman–Crippen LogP) is 21.8. The third kappa shape index (κ3) is 65.7. The van der Waals surface area contributed by atoms with Crippen LogP contribution in [0.5, 0.6) is 0 Å². The number of hydrogen-bond acceptors (Lipinski definition) is 5. The van der Waals surface area contributed by atoms with E-state index in [0.29, 0.717) is 17.4 Å². The van der Waals surface area contributed by atoms with Crippen LogP contribution in [0.4, 0.5) is 0 Å². The third-order valence-electron chi connectivity index (χ3n) is 14.2. The Labute approximate surface area is 518 Å². The van der Waals surface area contributed by atoms with Gasteiger partial charge in [0.15, 0.2) is 0 Å². The summed E-state index contributed by atoms with van der Waals surface area (Å²) in [6.07, 6.45) is 99.5. The molecule has 0 aromatic rings. The molecule has 0 aliphatic carbocycles. The molecule has 1 amide bonds. The van der Waals surface area contributed by atoms with Crippen molar-refractivity contribution >= 4 is 13.7 Å². The Kier molecular flexibility index (Phi) is 60.7. The van der Waals surface area contributed by atoms with Gasteiger partial charge in [0.1, 0.15) is 13.2 Å². The molecule has 8 nitrogen and oxygen atoms in total. The molecule has 0 aliphatic rings. The molecule has 0 aromatic carbocycles. The summed E-state index contributed by atoms with van der Waals surface area (Å²) in [5, 5.41) is 13.9. The molecule has 3 atom stereocenters. The summed E-state index contributed by atoms with van der Waals surface area (Å²) >= 11 is 0. The lowest BCUT2D eigenvalue weighted by Crippen LogP contribution is -2.45. The van der Waals surface area contributed by atoms with Crippen molar-refractivity contribution in [2.24, 2.45) is 0 Å². The van der Waals surface area contributed by atoms with E-state index in [-0.39, 0.29) is 19.1 Å². The van der Waals surface area contributed by atoms with E-state index in [2.05, 4.69) is 165 Å². The van der Waals surface area contributed by atoms with Crippen molar-refractivity contribution in [3.8, 4) is 0 Å². The highest BCUT2D eigenvalue weighted by atomic mass is 31.2. The normalized spacial score (nSPS) is 14.7. The first-order chi connectivity index (χ1) is 41.0. The number of phosphoric ester groups is 1. The topological polar surface area (TPSA) is 105 Å². The average molecular weight is 1180 g/mol. The maximum atomic E-state index is 13.0. The number of quaternary nitrogens is 1. The van der Waals surface area contributed by atoms with E-state index in [1.54, 1.807) is 6.08 Å². The highest BCUT2D eigenvalue weighted by Crippen LogP contribution is 2.43. The minimum atomic E-state index is -4.37. The number of allylic oxidation sites excluding steroid dienone is 25. The summed E-state index contributed by atoms with van der Waals surface area (Å²) in [5.74, 6) is -0.201. The van der Waals surface area contributed by atoms with Gasteiger partial charge in [0.25, 0.3) is 0 Å². The minimum Gasteiger partial charge on any atom is -0.387 e. The summed E-state index contributed by atoms with van der Waals surface area (Å²) in [6, 6.07) is -0.884. The van der Waals surface area contributed by atoms with Gasteiger partial charge in [-0.25, -0.2) is 4.57 Å². The zero-order valence-electron chi connectivity index (χ0n) is 54.6. The van der Waals surface area contributed by atoms with Gasteiger partial charge in [-0.3, -0.25) is 13.8 Å². The number of likely N-dealkylation sites (N-methyl/N-ethyl adjacent to an activating group) is 1. The van der Waals surface area contributed by atoms with Gasteiger partial charge in [-0.1, -0.05) is 287 Å². The molecule has 3 N–H and O–H groups in total. The maximum absolute atomic E-state index is 13.0. The summed E-state index contributed by atoms with van der Waals surface area (Å²) in [4.78, 5) is 23.4. The first-order valence-corrected chi connectivity index (χ1v) is 35.4. The van der Waals surface area contributed by atoms with Crippen LogP contribution in [-0.4, -0.2) is 73.4 Å². The SMILES string of the molecule is CC/C=C\C/C=C\C/C=C\C/C=C\C/C=C\C/C=C\C/C=C\C/C=C\C/C=C\C/C=C\CCCCCCCCCCCCC(=O)NC(COP(=O)(O)OCC[N+](C)(C)C)C(O)/C=C/CC/C=C/CC/C=C/CCCCCCCCCCCCC. The van der Waals surface area contributed by atoms with Crippen LogP contribution in [0.3, 0.4) is 0 Å². The largest absolute Gasteiger partial charge is 0.472 e. The van der Waals surface area contributed by atoms with Crippen LogP contribution in [0.2, 0.25) is 0 Å². The third-order valence-corrected chi connectivity index (χ3v) is 15.2. The molecule has 0 bridgehead atoms. The van der Waals surface area contributed by atoms with Gasteiger partial charge in [0.2, 0.25) is 5.91 Å². The van der Waals surface area contributed by atoms with Crippen LogP contribution in [0.15, 0.2) is 158 Å². The van der Waals surface area contributed by atoms with Crippen LogP contribution in [-0.2, 0) is 18.4 Å². The number of hydrogen-bond donors (Lipinski definition) is 3. The van der Waals surface area contributed by atoms with Crippen molar-refractivity contribution in [3.05, 3.63) is 158 Å². The zero-order chi connectivity index (χ0) is 61.2. The van der Waals surface area contributed by atoms with Gasteiger partial charge < -0.3 is 19.8 Å². The molecule has 478 valence electrons. The van der Waals surface area contributed by atoms with E-state index in [4.69, 9.17) is 9.05 Å². The molecule has 0 heterocycles. The van der Waals surface area contributed by atoms with Crippen molar-refractivity contribution in [2.45, 2.75) is 270 Å². The molecule has 0 fully saturated rings. The van der Waals surface area contributed by atoms with Crippen molar-refractivity contribution in [3.63, 3.8) is 0 Å². The molecule has 0 aliphatic heterocycles. The van der Waals surface area contributed by atoms with Gasteiger partial charge in [-0.15, -0.1) is 0 Å². The lowest BCUT2D eigenvalue weighted by atomic mass is 10.0. The van der Waals surface area contributed by atoms with E-state index in [9.17, 15) is 19.4 Å². The van der Waals surface area contributed by atoms with Gasteiger partial charge in [-0.2, -0.15) is 0 Å². The number of carbonyl (C=O) groups is 1. The number of amides is 1. The molecule has 9 heteroatoms. The Morgan fingerprint density at radius 3 is 1.10 bits per heavy atom. The Morgan fingerprint density at radius 2 is 0.726 bits per heavy atom. The highest BCUT2D eigenvalue weighted by molar-refractivity contribution is 7.47. The van der Waals surface area contributed by atoms with Crippen LogP contribution >= 0.6 is 7.82 Å². The number of carbonyl (C=O) groups excluding carboxylic acids is 1. The van der Waals surface area contributed by atoms with E-state index in [1.165, 1.54) is 122 Å². The van der Waals surface area contributed by atoms with E-state index < -0.39 is 20.0 Å². The standard InChI is InChI=1S/C75H127N2O6P/c1-6-8-10-12-14-16-18-20-22-24-26-28-29-30-31-32-33-34-35-36-37-38-39-40-41-42-43-44-45-46-47-49-51-53-55-57-59-61-63-65-67-69-75(79)76-73(72-83-84(80,81)82-71-70-77(3,4)5)74(78)68-66-64-62-60-58-56-54-52-50-48-27-25-23-21-19-17-15-13-11-9-7-2/h8,10,14,16,20,22,26,28,30-31,33-34,36-37,39-40,42-43,45-46,50,52,58,60,66,68,73-74,78H,6-7,9,11-13,15,17-19,21,23-25,27,29,32,35,38,41,44,47-49,51,53-57,59,61-65,67,69-72H2,1-5H3,(H-,76,79,80,81)/p+1/b10-8-,16-14-,22-20-,28-26-,31-30-,34-33-,37-36-,40-39-,43-42-,46-45-,52-50+,60-58+,68-66+. The van der Waals surface area contributed by atoms with Crippen molar-refractivity contribution in [1.82, 2.24) is 5.32 Å². The molecule has 3 unspecified atom stereocenters. The second-order valence-electron chi connectivity index (χ2n) is 23.4. The summed E-state index contributed by atoms with van der Waals surface area (Å²) in [5.41, 5.74) is 0. The number of unbranched alkanes of at least 4 members (excludes halogenated alkanes) is 23. The van der Waals surface area contributed by atoms with Crippen molar-refractivity contribution in [2.75, 3.05) is 40.9 Å². The number of rotatable bonds is 60. The van der Waals surface area contributed by atoms with Crippen LogP contribution in [0.25, 0.3) is 0 Å². The number of aliphatic hydroxyl groups is 1. The number of aliphatic hydroxyl groups excluding tert-OH is 1. The van der Waals surface area contributed by atoms with Crippen molar-refractivity contribution in [1.29, 1.82) is 0 Å². The fourth-order valence-electron chi connectivity index (χ4n) is 8.98. The molecule has 0 radical (unpaired) electrons. The predicted molar refractivity (Wildman–Crippen MR) is 368 cm³/mol. The molecular formula is C75H128N2O6P+. The molecule has 0 aromatic heterocycles. The van der Waals surface area contributed by atoms with Crippen LogP contribution in [0.1, 0.15) is 258 Å². The first-order valence-electron chi connectivity index (χ1n) is 33.9. The first kappa shape index (κ1) is 80.1. The Morgan fingerprint density at radius 1 is 0.417 bits per heavy atom. The molecule has 84 heavy (non-hydrogen) atoms. The molecular weight excluding hydrogens is 1060 g/mol. The Hall–Kier alpha value is -3.88. The smallest absolute Gasteiger partial charge is 0.387 e. The quantitative estimate of drug-likeness (QED) is 0.0243. The lowest BCUT2D eigenvalue weighted by molar-refractivity contribution is -0.870. The highest BCUT2D eigenvalue weighted by Gasteiger charge is 2.27. The minimum absolute atomic E-state index is 0.0454. The fraction of sp³-hybridized carbons (Fsp3) is 0.640. The summed E-state index contributed by atoms with van der Waals surface area (Å²) < 4.78 is 23.7. The Balaban J connectivity index is 4.17. The number of nitrogens with zero attached hydrogens (tertiary/aromatic N) is 1. The van der Waals surface area contributed by atoms with Gasteiger partial charge in [-0.05, 0) is 122 Å². The van der Waals surface area contributed by atoms with E-state index >= 15 is 0 Å². The maximum Gasteiger partial charge on any atom is 0.472 e. The van der Waals surface area contributed by atoms with Crippen molar-refractivity contribution < 1.29 is 32.9 Å². The molecule has 0 saturated carbocycles. The zero-order valence-corrected chi connectivity index (χ0v) is 55.5. The number of phosphoric acid groups is 1. The second kappa shape index (κ2) is 63.6. The van der Waals surface area contributed by atoms with E-state index in [0.717, 1.165) is 116 Å². The summed E-state index contributed by atoms with van der Waals surface area (Å²) in [7, 11) is 1.53. The summed E-state index contributed by atoms with van der Waals surface area (Å²) in [6.45, 7) is 4.66. The number of nitrogens with one attached hydrogen (secondary N) is 1. The molecule has 0 rings (SSSR count). The molecule has 0 spiro atoms. The Bertz CT molecular complexity index is 1930. The van der Waals surface area contributed by atoms with Gasteiger partial charge in [0, 0.05) is 6.42 Å². The fourth-order valence-corrected chi connectivity index (χ4v) is 9.72. The van der Waals surface area contributed by atoms with Crippen LogP contribution < -0.4 is 5.32 Å².